The topological polar surface area (TPSA) is 24.1 Å². The van der Waals surface area contributed by atoms with Gasteiger partial charge in [0.05, 0.1) is 11.3 Å². The van der Waals surface area contributed by atoms with Crippen LogP contribution in [0.3, 0.4) is 0 Å². The van der Waals surface area contributed by atoms with E-state index in [9.17, 15) is 13.2 Å². The van der Waals surface area contributed by atoms with Crippen molar-refractivity contribution in [1.29, 1.82) is 0 Å². The maximum atomic E-state index is 12.9. The Bertz CT molecular complexity index is 672. The summed E-state index contributed by atoms with van der Waals surface area (Å²) >= 11 is 10.8. The van der Waals surface area contributed by atoms with Gasteiger partial charge in [0.15, 0.2) is 5.11 Å². The van der Waals surface area contributed by atoms with E-state index in [1.165, 1.54) is 18.2 Å². The highest BCUT2D eigenvalue weighted by Gasteiger charge is 2.33. The van der Waals surface area contributed by atoms with Crippen molar-refractivity contribution < 1.29 is 13.2 Å². The van der Waals surface area contributed by atoms with Gasteiger partial charge in [-0.05, 0) is 48.5 Å². The van der Waals surface area contributed by atoms with Crippen LogP contribution in [0.15, 0.2) is 48.5 Å². The molecule has 0 aliphatic carbocycles. The normalized spacial score (nSPS) is 11.1. The molecule has 0 radical (unpaired) electrons. The van der Waals surface area contributed by atoms with Gasteiger partial charge in [-0.2, -0.15) is 13.2 Å². The van der Waals surface area contributed by atoms with Crippen molar-refractivity contribution in [3.8, 4) is 0 Å². The molecule has 2 nitrogen and oxygen atoms in total. The summed E-state index contributed by atoms with van der Waals surface area (Å²) in [5, 5.41) is 6.29. The summed E-state index contributed by atoms with van der Waals surface area (Å²) in [7, 11) is 0. The fourth-order valence-electron chi connectivity index (χ4n) is 1.98. The highest BCUT2D eigenvalue weighted by Crippen LogP contribution is 2.34. The van der Waals surface area contributed by atoms with Crippen LogP contribution in [0.5, 0.6) is 0 Å². The predicted octanol–water partition coefficient (Wildman–Crippen LogP) is 4.89. The van der Waals surface area contributed by atoms with Gasteiger partial charge in [-0.15, -0.1) is 0 Å². The first-order valence-electron chi connectivity index (χ1n) is 6.82. The summed E-state index contributed by atoms with van der Waals surface area (Å²) in [6, 6.07) is 12.6. The maximum absolute atomic E-state index is 12.9. The highest BCUT2D eigenvalue weighted by molar-refractivity contribution is 7.80. The predicted molar refractivity (Wildman–Crippen MR) is 90.8 cm³/mol. The lowest BCUT2D eigenvalue weighted by atomic mass is 10.1. The molecule has 0 saturated carbocycles. The monoisotopic (exact) mass is 358 g/mol. The molecule has 0 atom stereocenters. The van der Waals surface area contributed by atoms with Crippen molar-refractivity contribution in [2.45, 2.75) is 12.6 Å². The minimum Gasteiger partial charge on any atom is -0.362 e. The van der Waals surface area contributed by atoms with Gasteiger partial charge in [0.25, 0.3) is 0 Å². The molecular formula is C16H14ClF3N2S. The van der Waals surface area contributed by atoms with E-state index in [0.717, 1.165) is 11.6 Å². The van der Waals surface area contributed by atoms with E-state index in [2.05, 4.69) is 10.6 Å². The fourth-order valence-corrected chi connectivity index (χ4v) is 2.32. The zero-order valence-corrected chi connectivity index (χ0v) is 13.5. The molecular weight excluding hydrogens is 345 g/mol. The zero-order valence-electron chi connectivity index (χ0n) is 12.0. The minimum absolute atomic E-state index is 0.0657. The third-order valence-corrected chi connectivity index (χ3v) is 3.59. The summed E-state index contributed by atoms with van der Waals surface area (Å²) in [6.07, 6.45) is -3.75. The van der Waals surface area contributed by atoms with Crippen molar-refractivity contribution in [1.82, 2.24) is 5.32 Å². The van der Waals surface area contributed by atoms with Crippen molar-refractivity contribution in [3.05, 3.63) is 64.7 Å². The molecule has 0 amide bonds. The Labute approximate surface area is 142 Å². The third-order valence-electron chi connectivity index (χ3n) is 3.09. The average Bonchev–Trinajstić information content (AvgIpc) is 2.49. The molecule has 0 aliphatic rings. The molecule has 0 saturated heterocycles. The van der Waals surface area contributed by atoms with Gasteiger partial charge in [0.1, 0.15) is 0 Å². The largest absolute Gasteiger partial charge is 0.418 e. The molecule has 2 aromatic carbocycles. The smallest absolute Gasteiger partial charge is 0.362 e. The average molecular weight is 359 g/mol. The van der Waals surface area contributed by atoms with Crippen molar-refractivity contribution >= 4 is 34.6 Å². The van der Waals surface area contributed by atoms with Gasteiger partial charge in [-0.25, -0.2) is 0 Å². The number of thiocarbonyl (C=S) groups is 1. The minimum atomic E-state index is -4.43. The third kappa shape index (κ3) is 5.41. The summed E-state index contributed by atoms with van der Waals surface area (Å²) in [5.41, 5.74) is 0.242. The van der Waals surface area contributed by atoms with E-state index in [0.29, 0.717) is 18.0 Å². The van der Waals surface area contributed by atoms with Gasteiger partial charge in [0.2, 0.25) is 0 Å². The Morgan fingerprint density at radius 1 is 1.04 bits per heavy atom. The summed E-state index contributed by atoms with van der Waals surface area (Å²) in [6.45, 7) is 0.502. The van der Waals surface area contributed by atoms with E-state index < -0.39 is 11.7 Å². The van der Waals surface area contributed by atoms with Crippen molar-refractivity contribution in [3.63, 3.8) is 0 Å². The number of para-hydroxylation sites is 1. The molecule has 0 heterocycles. The van der Waals surface area contributed by atoms with Gasteiger partial charge in [0, 0.05) is 11.6 Å². The fraction of sp³-hybridized carbons (Fsp3) is 0.188. The number of benzene rings is 2. The highest BCUT2D eigenvalue weighted by atomic mass is 35.5. The molecule has 2 rings (SSSR count). The second kappa shape index (κ2) is 7.66. The van der Waals surface area contributed by atoms with E-state index >= 15 is 0 Å². The second-order valence-electron chi connectivity index (χ2n) is 4.80. The van der Waals surface area contributed by atoms with Gasteiger partial charge in [-0.1, -0.05) is 35.9 Å². The maximum Gasteiger partial charge on any atom is 0.418 e. The SMILES string of the molecule is FC(F)(F)c1ccccc1NC(=S)NCCc1ccc(Cl)cc1. The van der Waals surface area contributed by atoms with Crippen LogP contribution >= 0.6 is 23.8 Å². The molecule has 23 heavy (non-hydrogen) atoms. The zero-order chi connectivity index (χ0) is 16.9. The molecule has 0 unspecified atom stereocenters. The lowest BCUT2D eigenvalue weighted by Gasteiger charge is -2.15. The standard InChI is InChI=1S/C16H14ClF3N2S/c17-12-7-5-11(6-8-12)9-10-21-15(23)22-14-4-2-1-3-13(14)16(18,19)20/h1-8H,9-10H2,(H2,21,22,23). The number of anilines is 1. The molecule has 2 N–H and O–H groups in total. The Balaban J connectivity index is 1.89. The van der Waals surface area contributed by atoms with E-state index in [1.54, 1.807) is 12.1 Å². The summed E-state index contributed by atoms with van der Waals surface area (Å²) in [4.78, 5) is 0. The summed E-state index contributed by atoms with van der Waals surface area (Å²) < 4.78 is 38.7. The number of alkyl halides is 3. The number of nitrogens with one attached hydrogen (secondary N) is 2. The second-order valence-corrected chi connectivity index (χ2v) is 5.65. The van der Waals surface area contributed by atoms with Crippen LogP contribution in [0.25, 0.3) is 0 Å². The number of hydrogen-bond acceptors (Lipinski definition) is 1. The Morgan fingerprint density at radius 3 is 2.35 bits per heavy atom. The quantitative estimate of drug-likeness (QED) is 0.761. The first kappa shape index (κ1) is 17.6. The van der Waals surface area contributed by atoms with E-state index in [4.69, 9.17) is 23.8 Å². The lowest BCUT2D eigenvalue weighted by molar-refractivity contribution is -0.136. The van der Waals surface area contributed by atoms with E-state index in [-0.39, 0.29) is 10.8 Å². The number of rotatable bonds is 4. The Morgan fingerprint density at radius 2 is 1.70 bits per heavy atom. The van der Waals surface area contributed by atoms with Crippen LogP contribution in [0, 0.1) is 0 Å². The van der Waals surface area contributed by atoms with Gasteiger partial charge < -0.3 is 10.6 Å². The first-order chi connectivity index (χ1) is 10.9. The number of hydrogen-bond donors (Lipinski definition) is 2. The molecule has 0 aromatic heterocycles. The summed E-state index contributed by atoms with van der Waals surface area (Å²) in [5.74, 6) is 0. The molecule has 2 aromatic rings. The van der Waals surface area contributed by atoms with Crippen LogP contribution < -0.4 is 10.6 Å². The lowest BCUT2D eigenvalue weighted by Crippen LogP contribution is -2.31. The van der Waals surface area contributed by atoms with Crippen LogP contribution in [0.2, 0.25) is 5.02 Å². The molecule has 0 fully saturated rings. The number of halogens is 4. The molecule has 0 bridgehead atoms. The van der Waals surface area contributed by atoms with E-state index in [1.807, 2.05) is 12.1 Å². The van der Waals surface area contributed by atoms with Crippen molar-refractivity contribution in [2.75, 3.05) is 11.9 Å². The molecule has 0 spiro atoms. The van der Waals surface area contributed by atoms with Crippen molar-refractivity contribution in [2.24, 2.45) is 0 Å². The van der Waals surface area contributed by atoms with Gasteiger partial charge in [-0.3, -0.25) is 0 Å². The first-order valence-corrected chi connectivity index (χ1v) is 7.60. The van der Waals surface area contributed by atoms with Crippen LogP contribution in [-0.4, -0.2) is 11.7 Å². The van der Waals surface area contributed by atoms with Gasteiger partial charge >= 0.3 is 6.18 Å². The van der Waals surface area contributed by atoms with Crippen LogP contribution in [0.4, 0.5) is 18.9 Å². The van der Waals surface area contributed by atoms with Crippen LogP contribution in [-0.2, 0) is 12.6 Å². The molecule has 0 aliphatic heterocycles. The van der Waals surface area contributed by atoms with Crippen LogP contribution in [0.1, 0.15) is 11.1 Å². The molecule has 7 heteroatoms. The Hall–Kier alpha value is -1.79. The molecule has 122 valence electrons. The Kier molecular flexibility index (Phi) is 5.85.